The standard InChI is InChI=1S/C15H11N2O2.3C4H9.Sn/c1-18-13-9-7-12(8-10-13)15-16-14(17-19-15)11-5-3-2-4-6-11;3*1-3-4-2;/h3-10H,1H3;3*1,3-4H2,2H3;. The molecule has 0 N–H and O–H groups in total. The Labute approximate surface area is 197 Å². The predicted molar refractivity (Wildman–Crippen MR) is 136 cm³/mol. The molecular weight excluding hydrogens is 503 g/mol. The molecule has 3 rings (SSSR count). The minimum atomic E-state index is -2.40. The zero-order valence-corrected chi connectivity index (χ0v) is 23.0. The van der Waals surface area contributed by atoms with Crippen molar-refractivity contribution in [2.45, 2.75) is 72.6 Å². The first-order chi connectivity index (χ1) is 15.7. The van der Waals surface area contributed by atoms with E-state index in [4.69, 9.17) is 9.26 Å². The Kier molecular flexibility index (Phi) is 9.64. The molecule has 32 heavy (non-hydrogen) atoms. The van der Waals surface area contributed by atoms with Crippen molar-refractivity contribution in [1.29, 1.82) is 0 Å². The zero-order chi connectivity index (χ0) is 22.8. The van der Waals surface area contributed by atoms with Crippen LogP contribution in [-0.4, -0.2) is 35.6 Å². The number of hydrogen-bond donors (Lipinski definition) is 0. The molecule has 0 saturated carbocycles. The van der Waals surface area contributed by atoms with Crippen LogP contribution in [0.5, 0.6) is 5.75 Å². The molecule has 3 aromatic rings. The van der Waals surface area contributed by atoms with Gasteiger partial charge in [-0.2, -0.15) is 0 Å². The van der Waals surface area contributed by atoms with Gasteiger partial charge in [-0.25, -0.2) is 0 Å². The summed E-state index contributed by atoms with van der Waals surface area (Å²) < 4.78 is 16.9. The molecule has 1 heterocycles. The molecule has 0 aliphatic rings. The monoisotopic (exact) mass is 542 g/mol. The molecule has 5 heteroatoms. The summed E-state index contributed by atoms with van der Waals surface area (Å²) in [6.07, 6.45) is 8.02. The Hall–Kier alpha value is -1.82. The quantitative estimate of drug-likeness (QED) is 0.211. The second-order valence-electron chi connectivity index (χ2n) is 8.82. The van der Waals surface area contributed by atoms with Gasteiger partial charge in [-0.1, -0.05) is 0 Å². The van der Waals surface area contributed by atoms with Crippen molar-refractivity contribution < 1.29 is 9.26 Å². The van der Waals surface area contributed by atoms with E-state index in [0.717, 1.165) is 16.9 Å². The number of benzene rings is 2. The van der Waals surface area contributed by atoms with Crippen molar-refractivity contribution in [2.24, 2.45) is 0 Å². The van der Waals surface area contributed by atoms with Gasteiger partial charge in [0.2, 0.25) is 0 Å². The number of unbranched alkanes of at least 4 members (excludes halogenated alkanes) is 3. The van der Waals surface area contributed by atoms with E-state index in [1.807, 2.05) is 24.3 Å². The molecule has 0 bridgehead atoms. The molecule has 4 nitrogen and oxygen atoms in total. The summed E-state index contributed by atoms with van der Waals surface area (Å²) in [5, 5.41) is 4.25. The van der Waals surface area contributed by atoms with Gasteiger partial charge in [0.25, 0.3) is 0 Å². The van der Waals surface area contributed by atoms with Crippen LogP contribution in [0.4, 0.5) is 0 Å². The number of hydrogen-bond acceptors (Lipinski definition) is 4. The Morgan fingerprint density at radius 1 is 0.750 bits per heavy atom. The van der Waals surface area contributed by atoms with Crippen LogP contribution in [0.3, 0.4) is 0 Å². The average Bonchev–Trinajstić information content (AvgIpc) is 3.34. The molecule has 0 spiro atoms. The second-order valence-corrected chi connectivity index (χ2v) is 22.1. The summed E-state index contributed by atoms with van der Waals surface area (Å²) in [5.41, 5.74) is 1.93. The van der Waals surface area contributed by atoms with E-state index in [2.05, 4.69) is 55.2 Å². The summed E-state index contributed by atoms with van der Waals surface area (Å²) in [7, 11) is 1.66. The van der Waals surface area contributed by atoms with Gasteiger partial charge in [-0.15, -0.1) is 0 Å². The van der Waals surface area contributed by atoms with Crippen molar-refractivity contribution in [2.75, 3.05) is 7.11 Å². The third-order valence-electron chi connectivity index (χ3n) is 6.55. The predicted octanol–water partition coefficient (Wildman–Crippen LogP) is 7.47. The van der Waals surface area contributed by atoms with E-state index < -0.39 is 18.4 Å². The second kappa shape index (κ2) is 12.4. The normalized spacial score (nSPS) is 11.6. The molecule has 0 unspecified atom stereocenters. The molecule has 0 aliphatic carbocycles. The topological polar surface area (TPSA) is 48.2 Å². The molecule has 0 atom stereocenters. The van der Waals surface area contributed by atoms with Crippen LogP contribution >= 0.6 is 0 Å². The fourth-order valence-electron chi connectivity index (χ4n) is 4.52. The molecule has 0 aliphatic heterocycles. The van der Waals surface area contributed by atoms with Crippen LogP contribution in [-0.2, 0) is 0 Å². The maximum atomic E-state index is 5.55. The van der Waals surface area contributed by atoms with Crippen molar-refractivity contribution in [3.63, 3.8) is 0 Å². The van der Waals surface area contributed by atoms with Gasteiger partial charge >= 0.3 is 191 Å². The fraction of sp³-hybridized carbons (Fsp3) is 0.481. The zero-order valence-electron chi connectivity index (χ0n) is 20.2. The molecule has 0 amide bonds. The fourth-order valence-corrected chi connectivity index (χ4v) is 20.4. The van der Waals surface area contributed by atoms with Crippen molar-refractivity contribution in [1.82, 2.24) is 10.1 Å². The van der Waals surface area contributed by atoms with Crippen molar-refractivity contribution in [3.05, 3.63) is 48.5 Å². The van der Waals surface area contributed by atoms with Crippen LogP contribution in [0.2, 0.25) is 13.3 Å². The first kappa shape index (κ1) is 24.8. The Morgan fingerprint density at radius 3 is 1.78 bits per heavy atom. The average molecular weight is 541 g/mol. The molecule has 1 aromatic heterocycles. The number of ether oxygens (including phenoxy) is 1. The van der Waals surface area contributed by atoms with E-state index in [1.165, 1.54) is 51.8 Å². The Morgan fingerprint density at radius 2 is 1.28 bits per heavy atom. The van der Waals surface area contributed by atoms with Gasteiger partial charge in [-0.3, -0.25) is 0 Å². The summed E-state index contributed by atoms with van der Waals surface area (Å²) in [4.78, 5) is 4.65. The van der Waals surface area contributed by atoms with Gasteiger partial charge in [0, 0.05) is 0 Å². The summed E-state index contributed by atoms with van der Waals surface area (Å²) in [6.45, 7) is 6.99. The third-order valence-corrected chi connectivity index (χ3v) is 22.2. The van der Waals surface area contributed by atoms with Crippen LogP contribution in [0.25, 0.3) is 22.8 Å². The van der Waals surface area contributed by atoms with Crippen LogP contribution in [0.1, 0.15) is 59.3 Å². The van der Waals surface area contributed by atoms with E-state index >= 15 is 0 Å². The summed E-state index contributed by atoms with van der Waals surface area (Å²) >= 11 is -2.40. The number of aromatic nitrogens is 2. The van der Waals surface area contributed by atoms with E-state index in [9.17, 15) is 0 Å². The van der Waals surface area contributed by atoms with Crippen LogP contribution < -0.4 is 8.32 Å². The molecule has 0 radical (unpaired) electrons. The van der Waals surface area contributed by atoms with E-state index in [-0.39, 0.29) is 0 Å². The minimum absolute atomic E-state index is 0.536. The third kappa shape index (κ3) is 6.15. The van der Waals surface area contributed by atoms with Crippen molar-refractivity contribution in [3.8, 4) is 28.6 Å². The Balaban J connectivity index is 1.84. The van der Waals surface area contributed by atoms with Crippen molar-refractivity contribution >= 4 is 22.0 Å². The summed E-state index contributed by atoms with van der Waals surface area (Å²) in [5.74, 6) is 2.00. The van der Waals surface area contributed by atoms with E-state index in [1.54, 1.807) is 10.7 Å². The number of nitrogens with zero attached hydrogens (tertiary/aromatic N) is 2. The first-order valence-corrected chi connectivity index (χ1v) is 19.7. The van der Waals surface area contributed by atoms with Gasteiger partial charge in [-0.05, 0) is 0 Å². The SMILES string of the molecule is CCC[CH2][Sn]([CH2]CCC)([CH2]CCC)[c]1ccc(-c2noc(-c3ccc(OC)cc3)n2)cc1. The number of methoxy groups -OCH3 is 1. The Bertz CT molecular complexity index is 913. The molecule has 2 aromatic carbocycles. The summed E-state index contributed by atoms with van der Waals surface area (Å²) in [6, 6.07) is 16.9. The maximum absolute atomic E-state index is 5.55. The van der Waals surface area contributed by atoms with Crippen LogP contribution in [0.15, 0.2) is 53.1 Å². The molecule has 0 saturated heterocycles. The van der Waals surface area contributed by atoms with Gasteiger partial charge in [0.15, 0.2) is 0 Å². The molecule has 0 fully saturated rings. The first-order valence-electron chi connectivity index (χ1n) is 12.2. The number of rotatable bonds is 13. The van der Waals surface area contributed by atoms with Crippen LogP contribution in [0, 0.1) is 0 Å². The molecular formula is C27H38N2O2Sn. The van der Waals surface area contributed by atoms with Gasteiger partial charge < -0.3 is 0 Å². The molecule has 172 valence electrons. The van der Waals surface area contributed by atoms with E-state index in [0.29, 0.717) is 11.7 Å². The van der Waals surface area contributed by atoms with Gasteiger partial charge in [0.05, 0.1) is 7.11 Å². The van der Waals surface area contributed by atoms with Gasteiger partial charge in [0.1, 0.15) is 0 Å².